The number of hydrogen-bond acceptors (Lipinski definition) is 3. The molecule has 1 aromatic carbocycles. The third kappa shape index (κ3) is 2.46. The van der Waals surface area contributed by atoms with Crippen LogP contribution in [0.2, 0.25) is 5.02 Å². The number of aromatic nitrogens is 1. The predicted molar refractivity (Wildman–Crippen MR) is 66.5 cm³/mol. The zero-order valence-corrected chi connectivity index (χ0v) is 10.0. The van der Waals surface area contributed by atoms with E-state index in [1.54, 1.807) is 6.34 Å². The Morgan fingerprint density at radius 3 is 3.00 bits per heavy atom. The Labute approximate surface area is 97.0 Å². The zero-order valence-electron chi connectivity index (χ0n) is 8.44. The van der Waals surface area contributed by atoms with Crippen LogP contribution in [0.5, 0.6) is 0 Å². The fourth-order valence-electron chi connectivity index (χ4n) is 1.11. The summed E-state index contributed by atoms with van der Waals surface area (Å²) in [7, 11) is 3.85. The molecule has 0 amide bonds. The molecule has 0 spiro atoms. The number of benzene rings is 1. The SMILES string of the molecule is CN(C)/C=N/c1nc2ccc(Cl)cc2s1. The molecule has 0 aliphatic heterocycles. The van der Waals surface area contributed by atoms with Crippen molar-refractivity contribution < 1.29 is 0 Å². The highest BCUT2D eigenvalue weighted by Crippen LogP contribution is 2.29. The Balaban J connectivity index is 2.39. The number of thiazole rings is 1. The van der Waals surface area contributed by atoms with Crippen LogP contribution >= 0.6 is 22.9 Å². The summed E-state index contributed by atoms with van der Waals surface area (Å²) in [5.41, 5.74) is 0.940. The van der Waals surface area contributed by atoms with Gasteiger partial charge in [0.2, 0.25) is 5.13 Å². The lowest BCUT2D eigenvalue weighted by atomic mass is 10.3. The van der Waals surface area contributed by atoms with E-state index in [1.165, 1.54) is 11.3 Å². The Kier molecular flexibility index (Phi) is 2.88. The van der Waals surface area contributed by atoms with Gasteiger partial charge in [-0.1, -0.05) is 22.9 Å². The second-order valence-electron chi connectivity index (χ2n) is 3.32. The van der Waals surface area contributed by atoms with Crippen molar-refractivity contribution in [1.29, 1.82) is 0 Å². The summed E-state index contributed by atoms with van der Waals surface area (Å²) in [6.07, 6.45) is 1.74. The van der Waals surface area contributed by atoms with Gasteiger partial charge in [0.25, 0.3) is 0 Å². The van der Waals surface area contributed by atoms with Gasteiger partial charge in [-0.25, -0.2) is 9.98 Å². The van der Waals surface area contributed by atoms with E-state index in [0.29, 0.717) is 0 Å². The van der Waals surface area contributed by atoms with Gasteiger partial charge in [-0.15, -0.1) is 0 Å². The lowest BCUT2D eigenvalue weighted by Gasteiger charge is -1.99. The second-order valence-corrected chi connectivity index (χ2v) is 4.76. The van der Waals surface area contributed by atoms with Crippen LogP contribution in [0.3, 0.4) is 0 Å². The molecule has 0 aliphatic carbocycles. The van der Waals surface area contributed by atoms with Crippen molar-refractivity contribution in [2.45, 2.75) is 0 Å². The lowest BCUT2D eigenvalue weighted by molar-refractivity contribution is 0.643. The molecule has 3 nitrogen and oxygen atoms in total. The lowest BCUT2D eigenvalue weighted by Crippen LogP contribution is -2.06. The molecule has 0 fully saturated rings. The monoisotopic (exact) mass is 239 g/mol. The summed E-state index contributed by atoms with van der Waals surface area (Å²) < 4.78 is 1.06. The first-order valence-corrected chi connectivity index (χ1v) is 5.61. The maximum Gasteiger partial charge on any atom is 0.211 e. The number of nitrogens with zero attached hydrogens (tertiary/aromatic N) is 3. The van der Waals surface area contributed by atoms with Gasteiger partial charge in [-0.2, -0.15) is 0 Å². The van der Waals surface area contributed by atoms with E-state index in [4.69, 9.17) is 11.6 Å². The molecule has 0 saturated carbocycles. The molecule has 2 rings (SSSR count). The smallest absolute Gasteiger partial charge is 0.211 e. The summed E-state index contributed by atoms with van der Waals surface area (Å²) in [5, 5.41) is 1.48. The number of rotatable bonds is 2. The molecular weight excluding hydrogens is 230 g/mol. The molecule has 0 unspecified atom stereocenters. The molecule has 0 radical (unpaired) electrons. The first kappa shape index (κ1) is 10.4. The van der Waals surface area contributed by atoms with Crippen LogP contribution < -0.4 is 0 Å². The summed E-state index contributed by atoms with van der Waals surface area (Å²) in [4.78, 5) is 10.5. The third-order valence-electron chi connectivity index (χ3n) is 1.74. The molecule has 1 aromatic heterocycles. The normalized spacial score (nSPS) is 11.4. The maximum atomic E-state index is 5.89. The highest BCUT2D eigenvalue weighted by molar-refractivity contribution is 7.22. The topological polar surface area (TPSA) is 28.5 Å². The number of hydrogen-bond donors (Lipinski definition) is 0. The average Bonchev–Trinajstić information content (AvgIpc) is 2.56. The van der Waals surface area contributed by atoms with Crippen molar-refractivity contribution in [2.75, 3.05) is 14.1 Å². The predicted octanol–water partition coefficient (Wildman–Crippen LogP) is 3.17. The van der Waals surface area contributed by atoms with Crippen LogP contribution in [-0.4, -0.2) is 30.3 Å². The molecular formula is C10H10ClN3S. The molecule has 2 aromatic rings. The minimum absolute atomic E-state index is 0.731. The van der Waals surface area contributed by atoms with E-state index < -0.39 is 0 Å². The van der Waals surface area contributed by atoms with Gasteiger partial charge >= 0.3 is 0 Å². The molecule has 1 heterocycles. The van der Waals surface area contributed by atoms with Crippen molar-refractivity contribution in [3.05, 3.63) is 23.2 Å². The number of fused-ring (bicyclic) bond motifs is 1. The summed E-state index contributed by atoms with van der Waals surface area (Å²) in [5.74, 6) is 0. The first-order chi connectivity index (χ1) is 7.15. The molecule has 15 heavy (non-hydrogen) atoms. The van der Waals surface area contributed by atoms with Gasteiger partial charge in [0.15, 0.2) is 0 Å². The Hall–Kier alpha value is -1.13. The van der Waals surface area contributed by atoms with Gasteiger partial charge in [0.1, 0.15) is 0 Å². The van der Waals surface area contributed by atoms with Gasteiger partial charge in [-0.3, -0.25) is 0 Å². The van der Waals surface area contributed by atoms with Crippen LogP contribution in [-0.2, 0) is 0 Å². The zero-order chi connectivity index (χ0) is 10.8. The average molecular weight is 240 g/mol. The van der Waals surface area contributed by atoms with E-state index in [1.807, 2.05) is 37.2 Å². The van der Waals surface area contributed by atoms with Crippen molar-refractivity contribution >= 4 is 44.6 Å². The van der Waals surface area contributed by atoms with E-state index in [-0.39, 0.29) is 0 Å². The maximum absolute atomic E-state index is 5.89. The van der Waals surface area contributed by atoms with Crippen LogP contribution in [0.4, 0.5) is 5.13 Å². The molecule has 0 bridgehead atoms. The molecule has 0 N–H and O–H groups in total. The summed E-state index contributed by atoms with van der Waals surface area (Å²) >= 11 is 7.42. The molecule has 0 saturated heterocycles. The summed E-state index contributed by atoms with van der Waals surface area (Å²) in [6.45, 7) is 0. The van der Waals surface area contributed by atoms with Gasteiger partial charge < -0.3 is 4.90 Å². The van der Waals surface area contributed by atoms with Crippen LogP contribution in [0.25, 0.3) is 10.2 Å². The Bertz CT molecular complexity index is 504. The molecule has 78 valence electrons. The van der Waals surface area contributed by atoms with E-state index in [9.17, 15) is 0 Å². The molecule has 0 aliphatic rings. The van der Waals surface area contributed by atoms with E-state index in [0.717, 1.165) is 20.4 Å². The van der Waals surface area contributed by atoms with Crippen molar-refractivity contribution in [1.82, 2.24) is 9.88 Å². The van der Waals surface area contributed by atoms with Crippen LogP contribution in [0.1, 0.15) is 0 Å². The quantitative estimate of drug-likeness (QED) is 0.595. The number of halogens is 1. The fourth-order valence-corrected chi connectivity index (χ4v) is 2.19. The largest absolute Gasteiger partial charge is 0.369 e. The highest BCUT2D eigenvalue weighted by Gasteiger charge is 2.02. The Morgan fingerprint density at radius 2 is 2.27 bits per heavy atom. The minimum atomic E-state index is 0.731. The Morgan fingerprint density at radius 1 is 1.47 bits per heavy atom. The standard InChI is InChI=1S/C10H10ClN3S/c1-14(2)6-12-10-13-8-4-3-7(11)5-9(8)15-10/h3-6H,1-2H3/b12-6+. The number of aliphatic imine (C=N–C) groups is 1. The van der Waals surface area contributed by atoms with Gasteiger partial charge in [0, 0.05) is 19.1 Å². The molecule has 5 heteroatoms. The second kappa shape index (κ2) is 4.16. The minimum Gasteiger partial charge on any atom is -0.369 e. The van der Waals surface area contributed by atoms with Gasteiger partial charge in [-0.05, 0) is 18.2 Å². The van der Waals surface area contributed by atoms with Gasteiger partial charge in [0.05, 0.1) is 16.6 Å². The van der Waals surface area contributed by atoms with Crippen molar-refractivity contribution in [3.63, 3.8) is 0 Å². The third-order valence-corrected chi connectivity index (χ3v) is 2.90. The van der Waals surface area contributed by atoms with Crippen molar-refractivity contribution in [2.24, 2.45) is 4.99 Å². The van der Waals surface area contributed by atoms with E-state index >= 15 is 0 Å². The fraction of sp³-hybridized carbons (Fsp3) is 0.200. The highest BCUT2D eigenvalue weighted by atomic mass is 35.5. The van der Waals surface area contributed by atoms with E-state index in [2.05, 4.69) is 9.98 Å². The van der Waals surface area contributed by atoms with Crippen LogP contribution in [0, 0.1) is 0 Å². The first-order valence-electron chi connectivity index (χ1n) is 4.42. The van der Waals surface area contributed by atoms with Crippen molar-refractivity contribution in [3.8, 4) is 0 Å². The summed E-state index contributed by atoms with van der Waals surface area (Å²) in [6, 6.07) is 5.65. The van der Waals surface area contributed by atoms with Crippen LogP contribution in [0.15, 0.2) is 23.2 Å². The molecule has 0 atom stereocenters.